The number of ether oxygens (including phenoxy) is 2. The van der Waals surface area contributed by atoms with Gasteiger partial charge in [0.1, 0.15) is 30.0 Å². The number of thiocarbonyl (C=S) groups is 1. The van der Waals surface area contributed by atoms with Gasteiger partial charge in [-0.2, -0.15) is 18.4 Å². The number of hydrogen-bond acceptors (Lipinski definition) is 11. The molecule has 2 atom stereocenters. The first-order valence-electron chi connectivity index (χ1n) is 23.1. The van der Waals surface area contributed by atoms with Gasteiger partial charge >= 0.3 is 6.18 Å². The van der Waals surface area contributed by atoms with E-state index in [1.165, 1.54) is 11.0 Å². The molecule has 5 aromatic rings. The lowest BCUT2D eigenvalue weighted by molar-refractivity contribution is -0.144. The van der Waals surface area contributed by atoms with Crippen LogP contribution in [-0.4, -0.2) is 87.6 Å². The van der Waals surface area contributed by atoms with Gasteiger partial charge in [-0.1, -0.05) is 45.0 Å². The number of carbonyl (C=O) groups is 4. The molecule has 2 aromatic heterocycles. The Hall–Kier alpha value is -6.75. The fourth-order valence-corrected chi connectivity index (χ4v) is 9.85. The van der Waals surface area contributed by atoms with Crippen molar-refractivity contribution in [2.24, 2.45) is 5.41 Å². The maximum absolute atomic E-state index is 14.0. The molecule has 0 spiro atoms. The summed E-state index contributed by atoms with van der Waals surface area (Å²) in [5.74, 6) is -0.859. The third-order valence-electron chi connectivity index (χ3n) is 12.4. The summed E-state index contributed by atoms with van der Waals surface area (Å²) in [5, 5.41) is 15.1. The van der Waals surface area contributed by atoms with Gasteiger partial charge in [0.15, 0.2) is 5.11 Å². The lowest BCUT2D eigenvalue weighted by Gasteiger charge is -2.35. The van der Waals surface area contributed by atoms with Crippen molar-refractivity contribution < 1.29 is 41.8 Å². The molecule has 2 aliphatic rings. The van der Waals surface area contributed by atoms with E-state index in [2.05, 4.69) is 20.6 Å². The highest BCUT2D eigenvalue weighted by Gasteiger charge is 2.51. The first kappa shape index (κ1) is 52.1. The van der Waals surface area contributed by atoms with Gasteiger partial charge in [-0.25, -0.2) is 4.98 Å². The van der Waals surface area contributed by atoms with E-state index >= 15 is 0 Å². The van der Waals surface area contributed by atoms with Gasteiger partial charge in [0.2, 0.25) is 17.7 Å². The Balaban J connectivity index is 0.833. The van der Waals surface area contributed by atoms with Crippen molar-refractivity contribution in [3.8, 4) is 33.5 Å². The molecule has 7 rings (SSSR count). The van der Waals surface area contributed by atoms with E-state index in [9.17, 15) is 37.6 Å². The minimum atomic E-state index is -4.81. The van der Waals surface area contributed by atoms with Crippen molar-refractivity contribution in [3.63, 3.8) is 0 Å². The summed E-state index contributed by atoms with van der Waals surface area (Å²) < 4.78 is 52.9. The van der Waals surface area contributed by atoms with Crippen molar-refractivity contribution in [2.45, 2.75) is 97.6 Å². The van der Waals surface area contributed by atoms with E-state index in [4.69, 9.17) is 21.7 Å². The van der Waals surface area contributed by atoms with Crippen molar-refractivity contribution in [3.05, 3.63) is 113 Å². The van der Waals surface area contributed by atoms with Crippen LogP contribution in [0.4, 0.5) is 24.5 Å². The third kappa shape index (κ3) is 11.9. The molecule has 4 heterocycles. The number of halogens is 3. The first-order valence-corrected chi connectivity index (χ1v) is 24.4. The van der Waals surface area contributed by atoms with Crippen LogP contribution in [0.3, 0.4) is 0 Å². The molecule has 0 aliphatic carbocycles. The summed E-state index contributed by atoms with van der Waals surface area (Å²) >= 11 is 7.23. The average Bonchev–Trinajstić information content (AvgIpc) is 4.05. The van der Waals surface area contributed by atoms with E-state index in [1.807, 2.05) is 81.7 Å². The molecular weight excluding hydrogens is 954 g/mol. The van der Waals surface area contributed by atoms with E-state index in [-0.39, 0.29) is 29.2 Å². The van der Waals surface area contributed by atoms with E-state index < -0.39 is 52.2 Å². The number of nitrogens with one attached hydrogen (secondary N) is 2. The first-order chi connectivity index (χ1) is 33.7. The lowest BCUT2D eigenvalue weighted by Crippen LogP contribution is -2.58. The van der Waals surface area contributed by atoms with Crippen LogP contribution in [0.2, 0.25) is 0 Å². The topological polar surface area (TPSA) is 170 Å². The molecule has 71 heavy (non-hydrogen) atoms. The van der Waals surface area contributed by atoms with E-state index in [1.54, 1.807) is 54.5 Å². The second-order valence-electron chi connectivity index (χ2n) is 18.9. The number of thiazole rings is 1. The summed E-state index contributed by atoms with van der Waals surface area (Å²) in [7, 11) is 0. The van der Waals surface area contributed by atoms with Crippen molar-refractivity contribution in [2.75, 3.05) is 36.2 Å². The second-order valence-corrected chi connectivity index (χ2v) is 20.1. The normalized spacial score (nSPS) is 16.2. The highest BCUT2D eigenvalue weighted by Crippen LogP contribution is 2.40. The van der Waals surface area contributed by atoms with Gasteiger partial charge in [0.25, 0.3) is 5.91 Å². The Bertz CT molecular complexity index is 2810. The molecule has 0 radical (unpaired) electrons. The minimum Gasteiger partial charge on any atom is -0.494 e. The molecule has 372 valence electrons. The third-order valence-corrected chi connectivity index (χ3v) is 13.7. The fraction of sp³-hybridized carbons (Fsp3) is 0.385. The molecule has 0 saturated carbocycles. The molecule has 3 aromatic carbocycles. The molecule has 2 saturated heterocycles. The predicted octanol–water partition coefficient (Wildman–Crippen LogP) is 9.00. The summed E-state index contributed by atoms with van der Waals surface area (Å²) in [6, 6.07) is 21.9. The van der Waals surface area contributed by atoms with Crippen molar-refractivity contribution in [1.29, 1.82) is 5.26 Å². The number of nitriles is 1. The summed E-state index contributed by atoms with van der Waals surface area (Å²) in [6.07, 6.45) is -0.791. The molecule has 14 nitrogen and oxygen atoms in total. The van der Waals surface area contributed by atoms with Gasteiger partial charge in [-0.05, 0) is 130 Å². The highest BCUT2D eigenvalue weighted by molar-refractivity contribution is 7.81. The highest BCUT2D eigenvalue weighted by atomic mass is 32.1. The largest absolute Gasteiger partial charge is 0.494 e. The van der Waals surface area contributed by atoms with Crippen LogP contribution in [0.25, 0.3) is 21.7 Å². The number of amides is 4. The molecular formula is C52H55F3N8O6S2. The number of likely N-dealkylation sites (tertiary alicyclic amines) is 1. The maximum Gasteiger partial charge on any atom is 0.417 e. The predicted molar refractivity (Wildman–Crippen MR) is 268 cm³/mol. The molecule has 2 aliphatic heterocycles. The van der Waals surface area contributed by atoms with Gasteiger partial charge < -0.3 is 29.9 Å². The number of aryl methyl sites for hydroxylation is 1. The van der Waals surface area contributed by atoms with Crippen LogP contribution < -0.4 is 25.2 Å². The minimum absolute atomic E-state index is 0.0304. The standard InChI is InChI=1S/C52H55F3N8O6S2/c1-32-44(71-31-59-32)35-13-11-33(12-14-35)28-58-46(65)42-10-9-23-61(42)47(66)45(50(2,3)4)60-43(64)30-68-24-7-8-25-69-39-20-16-34(17-21-39)41-22-19-38(29-57-41)63-49(70)62(48(67)51(63,5)6)37-18-15-36(27-56)40(26-37)52(53,54)55/h11-22,26,29,31,42,45H,7-10,23-25,28,30H2,1-6H3,(H,58,65)(H,60,64)/t42-,45?/m0/s1. The number of benzene rings is 3. The maximum atomic E-state index is 14.0. The van der Waals surface area contributed by atoms with Crippen molar-refractivity contribution >= 4 is 63.7 Å². The fourth-order valence-electron chi connectivity index (χ4n) is 8.51. The van der Waals surface area contributed by atoms with Crippen LogP contribution in [0.5, 0.6) is 5.75 Å². The number of unbranched alkanes of at least 4 members (excludes halogenated alkanes) is 1. The number of pyridine rings is 1. The Labute approximate surface area is 420 Å². The quantitative estimate of drug-likeness (QED) is 0.0673. The number of rotatable bonds is 17. The van der Waals surface area contributed by atoms with E-state index in [0.717, 1.165) is 44.3 Å². The second kappa shape index (κ2) is 21.7. The molecule has 19 heteroatoms. The molecule has 0 bridgehead atoms. The zero-order valence-electron chi connectivity index (χ0n) is 40.3. The van der Waals surface area contributed by atoms with Crippen LogP contribution in [0.1, 0.15) is 82.7 Å². The number of anilines is 2. The monoisotopic (exact) mass is 1010 g/mol. The van der Waals surface area contributed by atoms with Crippen molar-refractivity contribution in [1.82, 2.24) is 25.5 Å². The zero-order chi connectivity index (χ0) is 51.3. The molecule has 1 unspecified atom stereocenters. The number of aromatic nitrogens is 2. The molecule has 2 N–H and O–H groups in total. The molecule has 4 amide bonds. The van der Waals surface area contributed by atoms with Crippen LogP contribution in [0.15, 0.2) is 90.6 Å². The van der Waals surface area contributed by atoms with E-state index in [0.29, 0.717) is 69.1 Å². The lowest BCUT2D eigenvalue weighted by atomic mass is 9.85. The van der Waals surface area contributed by atoms with Gasteiger partial charge in [-0.3, -0.25) is 29.1 Å². The Morgan fingerprint density at radius 2 is 1.65 bits per heavy atom. The number of nitrogens with zero attached hydrogens (tertiary/aromatic N) is 6. The van der Waals surface area contributed by atoms with Crippen LogP contribution >= 0.6 is 23.6 Å². The smallest absolute Gasteiger partial charge is 0.417 e. The zero-order valence-corrected chi connectivity index (χ0v) is 41.9. The summed E-state index contributed by atoms with van der Waals surface area (Å²) in [5.41, 5.74) is 2.95. The summed E-state index contributed by atoms with van der Waals surface area (Å²) in [4.78, 5) is 68.2. The van der Waals surface area contributed by atoms with Gasteiger partial charge in [0, 0.05) is 25.3 Å². The van der Waals surface area contributed by atoms with Crippen LogP contribution in [0, 0.1) is 23.7 Å². The number of hydrogen-bond donors (Lipinski definition) is 2. The average molecular weight is 1010 g/mol. The van der Waals surface area contributed by atoms with Gasteiger partial charge in [-0.15, -0.1) is 11.3 Å². The Morgan fingerprint density at radius 3 is 2.28 bits per heavy atom. The van der Waals surface area contributed by atoms with Gasteiger partial charge in [0.05, 0.1) is 63.2 Å². The number of carbonyl (C=O) groups excluding carboxylic acids is 4. The Morgan fingerprint density at radius 1 is 0.958 bits per heavy atom. The SMILES string of the molecule is Cc1ncsc1-c1ccc(CNC(=O)[C@@H]2CCCN2C(=O)C(NC(=O)COCCCCOc2ccc(-c3ccc(N4C(=S)N(c5ccc(C#N)c(C(F)(F)F)c5)C(=O)C4(C)C)cn3)cc2)C(C)(C)C)cc1. The van der Waals surface area contributed by atoms with Crippen LogP contribution in [-0.2, 0) is 36.6 Å². The molecule has 2 fully saturated rings. The Kier molecular flexibility index (Phi) is 15.9. The summed E-state index contributed by atoms with van der Waals surface area (Å²) in [6.45, 7) is 12.0. The number of alkyl halides is 3.